The summed E-state index contributed by atoms with van der Waals surface area (Å²) in [6.07, 6.45) is 6.28. The van der Waals surface area contributed by atoms with Crippen LogP contribution in [0.1, 0.15) is 93.4 Å². The molecule has 6 nitrogen and oxygen atoms in total. The standard InChI is InChI=1S/C26H50N2O4/c1-8-14-27(15-9-2)24(29)19-31-22-13-12-21(26(5,6)7)18-23(22)32-20-25(30)28(16-10-3)17-11-4/h21-23H,8-20H2,1-7H3. The van der Waals surface area contributed by atoms with Crippen molar-refractivity contribution in [2.24, 2.45) is 11.3 Å². The highest BCUT2D eigenvalue weighted by atomic mass is 16.5. The highest BCUT2D eigenvalue weighted by Gasteiger charge is 2.38. The lowest BCUT2D eigenvalue weighted by Crippen LogP contribution is -2.45. The summed E-state index contributed by atoms with van der Waals surface area (Å²) >= 11 is 0. The fraction of sp³-hybridized carbons (Fsp3) is 0.923. The zero-order valence-electron chi connectivity index (χ0n) is 22.0. The molecule has 2 amide bonds. The Morgan fingerprint density at radius 3 is 1.50 bits per heavy atom. The smallest absolute Gasteiger partial charge is 0.248 e. The van der Waals surface area contributed by atoms with E-state index in [2.05, 4.69) is 48.5 Å². The van der Waals surface area contributed by atoms with Gasteiger partial charge in [-0.15, -0.1) is 0 Å². The molecule has 0 aromatic rings. The van der Waals surface area contributed by atoms with Gasteiger partial charge in [0.2, 0.25) is 11.8 Å². The molecule has 0 radical (unpaired) electrons. The second-order valence-corrected chi connectivity index (χ2v) is 10.3. The Morgan fingerprint density at radius 2 is 1.12 bits per heavy atom. The van der Waals surface area contributed by atoms with Crippen LogP contribution in [-0.2, 0) is 19.1 Å². The molecule has 0 aromatic heterocycles. The predicted octanol–water partition coefficient (Wildman–Crippen LogP) is 4.90. The highest BCUT2D eigenvalue weighted by Crippen LogP contribution is 2.39. The Labute approximate surface area is 197 Å². The summed E-state index contributed by atoms with van der Waals surface area (Å²) < 4.78 is 12.3. The number of rotatable bonds is 14. The van der Waals surface area contributed by atoms with Gasteiger partial charge in [-0.25, -0.2) is 0 Å². The molecule has 0 heterocycles. The molecule has 0 N–H and O–H groups in total. The fourth-order valence-corrected chi connectivity index (χ4v) is 4.60. The fourth-order valence-electron chi connectivity index (χ4n) is 4.60. The van der Waals surface area contributed by atoms with Gasteiger partial charge in [0.05, 0.1) is 12.2 Å². The molecule has 0 aliphatic heterocycles. The van der Waals surface area contributed by atoms with Crippen molar-refractivity contribution >= 4 is 11.8 Å². The lowest BCUT2D eigenvalue weighted by atomic mass is 9.71. The number of carbonyl (C=O) groups is 2. The first kappa shape index (κ1) is 28.9. The summed E-state index contributed by atoms with van der Waals surface area (Å²) in [6, 6.07) is 0. The third kappa shape index (κ3) is 9.78. The normalized spacial score (nSPS) is 21.4. The van der Waals surface area contributed by atoms with E-state index >= 15 is 0 Å². The van der Waals surface area contributed by atoms with Gasteiger partial charge in [0, 0.05) is 26.2 Å². The minimum absolute atomic E-state index is 0.0541. The van der Waals surface area contributed by atoms with Crippen LogP contribution in [0, 0.1) is 11.3 Å². The molecule has 188 valence electrons. The molecule has 1 aliphatic carbocycles. The first-order chi connectivity index (χ1) is 15.2. The summed E-state index contributed by atoms with van der Waals surface area (Å²) in [4.78, 5) is 29.2. The van der Waals surface area contributed by atoms with E-state index in [9.17, 15) is 9.59 Å². The number of carbonyl (C=O) groups excluding carboxylic acids is 2. The Morgan fingerprint density at radius 1 is 0.719 bits per heavy atom. The van der Waals surface area contributed by atoms with Crippen LogP contribution in [0.25, 0.3) is 0 Å². The molecule has 0 bridgehead atoms. The van der Waals surface area contributed by atoms with Crippen molar-refractivity contribution in [3.05, 3.63) is 0 Å². The maximum Gasteiger partial charge on any atom is 0.248 e. The molecule has 0 spiro atoms. The van der Waals surface area contributed by atoms with Gasteiger partial charge in [0.15, 0.2) is 0 Å². The Kier molecular flexibility index (Phi) is 13.4. The monoisotopic (exact) mass is 454 g/mol. The molecule has 1 saturated carbocycles. The van der Waals surface area contributed by atoms with Crippen molar-refractivity contribution < 1.29 is 19.1 Å². The third-order valence-electron chi connectivity index (χ3n) is 6.48. The maximum absolute atomic E-state index is 12.7. The van der Waals surface area contributed by atoms with Crippen LogP contribution in [0.15, 0.2) is 0 Å². The van der Waals surface area contributed by atoms with Gasteiger partial charge in [0.1, 0.15) is 13.2 Å². The summed E-state index contributed by atoms with van der Waals surface area (Å²) in [6.45, 7) is 18.4. The number of nitrogens with zero attached hydrogens (tertiary/aromatic N) is 2. The molecule has 3 atom stereocenters. The van der Waals surface area contributed by atoms with Gasteiger partial charge < -0.3 is 19.3 Å². The average molecular weight is 455 g/mol. The molecular formula is C26H50N2O4. The molecule has 0 saturated heterocycles. The molecule has 32 heavy (non-hydrogen) atoms. The van der Waals surface area contributed by atoms with Crippen molar-refractivity contribution in [3.63, 3.8) is 0 Å². The first-order valence-electron chi connectivity index (χ1n) is 13.0. The molecule has 6 heteroatoms. The number of hydrogen-bond acceptors (Lipinski definition) is 4. The first-order valence-corrected chi connectivity index (χ1v) is 13.0. The molecule has 1 aliphatic rings. The minimum Gasteiger partial charge on any atom is -0.366 e. The molecule has 1 fully saturated rings. The summed E-state index contributed by atoms with van der Waals surface area (Å²) in [7, 11) is 0. The van der Waals surface area contributed by atoms with Gasteiger partial charge >= 0.3 is 0 Å². The van der Waals surface area contributed by atoms with Crippen molar-refractivity contribution in [2.45, 2.75) is 106 Å². The van der Waals surface area contributed by atoms with Crippen molar-refractivity contribution in [1.29, 1.82) is 0 Å². The van der Waals surface area contributed by atoms with Gasteiger partial charge in [-0.2, -0.15) is 0 Å². The topological polar surface area (TPSA) is 59.1 Å². The summed E-state index contributed by atoms with van der Waals surface area (Å²) in [5, 5.41) is 0. The molecule has 0 aromatic carbocycles. The van der Waals surface area contributed by atoms with Gasteiger partial charge in [0.25, 0.3) is 0 Å². The van der Waals surface area contributed by atoms with Crippen LogP contribution < -0.4 is 0 Å². The van der Waals surface area contributed by atoms with E-state index in [0.717, 1.165) is 71.1 Å². The molecule has 3 unspecified atom stereocenters. The molecule has 1 rings (SSSR count). The predicted molar refractivity (Wildman–Crippen MR) is 131 cm³/mol. The number of hydrogen-bond donors (Lipinski definition) is 0. The Hall–Kier alpha value is -1.14. The van der Waals surface area contributed by atoms with E-state index in [1.54, 1.807) is 0 Å². The molecular weight excluding hydrogens is 404 g/mol. The van der Waals surface area contributed by atoms with E-state index < -0.39 is 0 Å². The SMILES string of the molecule is CCCN(CCC)C(=O)COC1CCC(C(C)(C)C)CC1OCC(=O)N(CCC)CCC. The van der Waals surface area contributed by atoms with Gasteiger partial charge in [-0.3, -0.25) is 9.59 Å². The zero-order chi connectivity index (χ0) is 24.1. The second-order valence-electron chi connectivity index (χ2n) is 10.3. The third-order valence-corrected chi connectivity index (χ3v) is 6.48. The van der Waals surface area contributed by atoms with Crippen molar-refractivity contribution in [2.75, 3.05) is 39.4 Å². The van der Waals surface area contributed by atoms with Crippen molar-refractivity contribution in [1.82, 2.24) is 9.80 Å². The average Bonchev–Trinajstić information content (AvgIpc) is 2.75. The Bertz CT molecular complexity index is 534. The van der Waals surface area contributed by atoms with Crippen LogP contribution in [0.3, 0.4) is 0 Å². The van der Waals surface area contributed by atoms with Crippen LogP contribution in [-0.4, -0.2) is 73.2 Å². The van der Waals surface area contributed by atoms with Crippen LogP contribution >= 0.6 is 0 Å². The Balaban J connectivity index is 2.78. The summed E-state index contributed by atoms with van der Waals surface area (Å²) in [5.41, 5.74) is 0.182. The van der Waals surface area contributed by atoms with Crippen LogP contribution in [0.5, 0.6) is 0 Å². The van der Waals surface area contributed by atoms with E-state index in [1.807, 2.05) is 9.80 Å². The van der Waals surface area contributed by atoms with E-state index in [1.165, 1.54) is 0 Å². The van der Waals surface area contributed by atoms with Gasteiger partial charge in [-0.1, -0.05) is 48.5 Å². The highest BCUT2D eigenvalue weighted by molar-refractivity contribution is 5.77. The van der Waals surface area contributed by atoms with E-state index in [4.69, 9.17) is 9.47 Å². The maximum atomic E-state index is 12.7. The van der Waals surface area contributed by atoms with Crippen LogP contribution in [0.4, 0.5) is 0 Å². The lowest BCUT2D eigenvalue weighted by molar-refractivity contribution is -0.156. The number of ether oxygens (including phenoxy) is 2. The summed E-state index contributed by atoms with van der Waals surface area (Å²) in [5.74, 6) is 0.620. The quantitative estimate of drug-likeness (QED) is 0.375. The second kappa shape index (κ2) is 14.9. The van der Waals surface area contributed by atoms with Crippen molar-refractivity contribution in [3.8, 4) is 0 Å². The zero-order valence-corrected chi connectivity index (χ0v) is 22.0. The largest absolute Gasteiger partial charge is 0.366 e. The minimum atomic E-state index is -0.152. The van der Waals surface area contributed by atoms with Crippen LogP contribution in [0.2, 0.25) is 0 Å². The van der Waals surface area contributed by atoms with E-state index in [-0.39, 0.29) is 42.7 Å². The number of amides is 2. The van der Waals surface area contributed by atoms with E-state index in [0.29, 0.717) is 5.92 Å². The van der Waals surface area contributed by atoms with Gasteiger partial charge in [-0.05, 0) is 56.3 Å². The lowest BCUT2D eigenvalue weighted by Gasteiger charge is -2.41.